The minimum Gasteiger partial charge on any atom is -0.508 e. The first kappa shape index (κ1) is 42.6. The molecule has 312 valence electrons. The van der Waals surface area contributed by atoms with Gasteiger partial charge in [-0.05, 0) is 42.4 Å². The van der Waals surface area contributed by atoms with Crippen LogP contribution >= 0.6 is 0 Å². The van der Waals surface area contributed by atoms with E-state index in [-0.39, 0.29) is 23.2 Å². The van der Waals surface area contributed by atoms with Crippen molar-refractivity contribution in [3.8, 4) is 5.75 Å². The van der Waals surface area contributed by atoms with Crippen molar-refractivity contribution in [1.29, 1.82) is 0 Å². The van der Waals surface area contributed by atoms with E-state index >= 15 is 0 Å². The molecule has 0 unspecified atom stereocenters. The molecule has 0 spiro atoms. The number of nitrogens with zero attached hydrogens (tertiary/aromatic N) is 9. The molecule has 0 radical (unpaired) electrons. The van der Waals surface area contributed by atoms with Gasteiger partial charge in [-0.15, -0.1) is 15.3 Å². The molecule has 0 fully saturated rings. The molecule has 0 aliphatic heterocycles. The topological polar surface area (TPSA) is 112 Å². The average molecular weight is 844 g/mol. The van der Waals surface area contributed by atoms with Crippen molar-refractivity contribution in [1.82, 2.24) is 45.0 Å². The minimum absolute atomic E-state index is 0.0256. The summed E-state index contributed by atoms with van der Waals surface area (Å²) in [6.45, 7) is 15.1. The Morgan fingerprint density at radius 3 is 1.10 bits per heavy atom. The van der Waals surface area contributed by atoms with Crippen LogP contribution in [0, 0.1) is 0 Å². The van der Waals surface area contributed by atoms with Gasteiger partial charge >= 0.3 is 0 Å². The Bertz CT molecular complexity index is 1940. The van der Waals surface area contributed by atoms with E-state index in [1.807, 2.05) is 12.1 Å². The van der Waals surface area contributed by atoms with Crippen molar-refractivity contribution in [2.24, 2.45) is 0 Å². The predicted molar refractivity (Wildman–Crippen MR) is 247 cm³/mol. The quantitative estimate of drug-likeness (QED) is 0.0784. The molecule has 0 saturated carbocycles. The summed E-state index contributed by atoms with van der Waals surface area (Å²) in [7, 11) is -4.96. The van der Waals surface area contributed by atoms with Gasteiger partial charge in [-0.2, -0.15) is 0 Å². The SMILES string of the molecule is C[Si](C)(CCCC(CCC[Si](C)(C)Cn1cc(C2C=CC=C2)nn1)(CCC[Si](C)(C)Cn1cc(C2C=CC=C2)nn1)c1ccc(O)cc1)Cn1cc(C2C=CC=C2)nn1. The number of allylic oxidation sites excluding steroid dienone is 12. The normalized spacial score (nSPS) is 16.2. The fourth-order valence-corrected chi connectivity index (χ4v) is 16.4. The molecule has 3 heterocycles. The maximum atomic E-state index is 10.5. The number of rotatable bonds is 22. The van der Waals surface area contributed by atoms with E-state index in [0.29, 0.717) is 5.75 Å². The molecule has 3 aliphatic rings. The molecular weight excluding hydrogens is 779 g/mol. The smallest absolute Gasteiger partial charge is 0.115 e. The lowest BCUT2D eigenvalue weighted by Gasteiger charge is -2.38. The first-order valence-corrected chi connectivity index (χ1v) is 32.0. The zero-order chi connectivity index (χ0) is 41.5. The average Bonchev–Trinajstić information content (AvgIpc) is 4.03. The fourth-order valence-electron chi connectivity index (χ4n) is 9.41. The van der Waals surface area contributed by atoms with Crippen LogP contribution in [0.25, 0.3) is 0 Å². The van der Waals surface area contributed by atoms with Crippen molar-refractivity contribution < 1.29 is 5.11 Å². The summed E-state index contributed by atoms with van der Waals surface area (Å²) in [5.41, 5.74) is 4.50. The molecule has 3 aliphatic carbocycles. The van der Waals surface area contributed by atoms with E-state index < -0.39 is 24.2 Å². The van der Waals surface area contributed by atoms with E-state index in [0.717, 1.165) is 54.8 Å². The second-order valence-electron chi connectivity index (χ2n) is 19.8. The number of hydrogen-bond donors (Lipinski definition) is 1. The Kier molecular flexibility index (Phi) is 13.3. The third-order valence-corrected chi connectivity index (χ3v) is 21.4. The van der Waals surface area contributed by atoms with Gasteiger partial charge in [0.15, 0.2) is 0 Å². The summed E-state index contributed by atoms with van der Waals surface area (Å²) in [5, 5.41) is 37.8. The fraction of sp³-hybridized carbons (Fsp3) is 0.478. The summed E-state index contributed by atoms with van der Waals surface area (Å²) in [5.74, 6) is 1.05. The highest BCUT2D eigenvalue weighted by Gasteiger charge is 2.35. The summed E-state index contributed by atoms with van der Waals surface area (Å²) >= 11 is 0. The number of aromatic hydroxyl groups is 1. The third kappa shape index (κ3) is 11.6. The van der Waals surface area contributed by atoms with Gasteiger partial charge in [0.2, 0.25) is 0 Å². The van der Waals surface area contributed by atoms with E-state index in [9.17, 15) is 5.11 Å². The number of phenolic OH excluding ortho intramolecular Hbond substituents is 1. The summed E-state index contributed by atoms with van der Waals surface area (Å²) in [6, 6.07) is 11.9. The Balaban J connectivity index is 1.05. The largest absolute Gasteiger partial charge is 0.508 e. The molecule has 0 atom stereocenters. The van der Waals surface area contributed by atoms with Crippen LogP contribution in [0.15, 0.2) is 116 Å². The lowest BCUT2D eigenvalue weighted by Crippen LogP contribution is -2.36. The monoisotopic (exact) mass is 843 g/mol. The first-order valence-electron chi connectivity index (χ1n) is 21.8. The molecule has 3 aromatic heterocycles. The van der Waals surface area contributed by atoms with Crippen molar-refractivity contribution >= 4 is 24.2 Å². The van der Waals surface area contributed by atoms with Crippen molar-refractivity contribution in [2.75, 3.05) is 0 Å². The highest BCUT2D eigenvalue weighted by molar-refractivity contribution is 6.77. The van der Waals surface area contributed by atoms with Crippen LogP contribution in [0.3, 0.4) is 0 Å². The van der Waals surface area contributed by atoms with E-state index in [2.05, 4.69) is 188 Å². The summed E-state index contributed by atoms with van der Waals surface area (Å²) in [6.07, 6.45) is 42.0. The van der Waals surface area contributed by atoms with E-state index in [1.54, 1.807) is 0 Å². The van der Waals surface area contributed by atoms with E-state index in [1.165, 1.54) is 43.0 Å². The molecule has 59 heavy (non-hydrogen) atoms. The van der Waals surface area contributed by atoms with Gasteiger partial charge in [0, 0.05) is 54.8 Å². The number of benzene rings is 1. The van der Waals surface area contributed by atoms with Crippen molar-refractivity contribution in [2.45, 2.75) is 138 Å². The molecule has 0 bridgehead atoms. The molecular formula is C46H65N9OSi3. The third-order valence-electron chi connectivity index (χ3n) is 12.7. The molecule has 4 aromatic rings. The van der Waals surface area contributed by atoms with Crippen LogP contribution in [0.5, 0.6) is 5.75 Å². The molecule has 1 N–H and O–H groups in total. The standard InChI is InChI=1S/C46H65N9OSi3/c1-57(2,35-53-32-43(47-50-53)38-16-7-8-17-38)29-13-26-46(41-22-24-42(56)25-23-41,27-14-30-58(3,4)36-54-33-44(48-51-54)39-18-9-10-19-39)28-15-31-59(5,6)37-55-34-45(49-52-55)40-20-11-12-21-40/h7-12,16-25,32-34,38-40,56H,13-15,26-31,35-37H2,1-6H3. The Labute approximate surface area is 354 Å². The number of hydrogen-bond acceptors (Lipinski definition) is 7. The zero-order valence-electron chi connectivity index (χ0n) is 36.2. The van der Waals surface area contributed by atoms with Gasteiger partial charge in [-0.25, -0.2) is 0 Å². The van der Waals surface area contributed by atoms with Gasteiger partial charge in [0.05, 0.1) is 41.3 Å². The van der Waals surface area contributed by atoms with Crippen LogP contribution in [0.1, 0.15) is 78.9 Å². The van der Waals surface area contributed by atoms with Gasteiger partial charge in [0.1, 0.15) is 5.75 Å². The van der Waals surface area contributed by atoms with Crippen LogP contribution in [-0.4, -0.2) is 74.3 Å². The van der Waals surface area contributed by atoms with Gasteiger partial charge in [-0.3, -0.25) is 14.0 Å². The zero-order valence-corrected chi connectivity index (χ0v) is 39.2. The van der Waals surface area contributed by atoms with Crippen LogP contribution in [0.2, 0.25) is 57.4 Å². The Morgan fingerprint density at radius 1 is 0.492 bits per heavy atom. The lowest BCUT2D eigenvalue weighted by atomic mass is 9.70. The van der Waals surface area contributed by atoms with Crippen LogP contribution in [0.4, 0.5) is 0 Å². The summed E-state index contributed by atoms with van der Waals surface area (Å²) in [4.78, 5) is 0. The second-order valence-corrected chi connectivity index (χ2v) is 35.2. The molecule has 7 rings (SSSR count). The van der Waals surface area contributed by atoms with E-state index in [4.69, 9.17) is 0 Å². The second kappa shape index (κ2) is 18.4. The maximum Gasteiger partial charge on any atom is 0.115 e. The number of aromatic nitrogens is 9. The molecule has 0 saturated heterocycles. The first-order chi connectivity index (χ1) is 28.3. The van der Waals surface area contributed by atoms with Crippen LogP contribution < -0.4 is 0 Å². The predicted octanol–water partition coefficient (Wildman–Crippen LogP) is 10.2. The molecule has 0 amide bonds. The molecule has 10 nitrogen and oxygen atoms in total. The lowest BCUT2D eigenvalue weighted by molar-refractivity contribution is 0.324. The molecule has 1 aromatic carbocycles. The van der Waals surface area contributed by atoms with Gasteiger partial charge < -0.3 is 5.11 Å². The van der Waals surface area contributed by atoms with Crippen molar-refractivity contribution in [3.63, 3.8) is 0 Å². The van der Waals surface area contributed by atoms with Gasteiger partial charge in [-0.1, -0.05) is 177 Å². The highest BCUT2D eigenvalue weighted by atomic mass is 28.3. The van der Waals surface area contributed by atoms with Crippen LogP contribution in [-0.2, 0) is 23.9 Å². The Morgan fingerprint density at radius 2 is 0.797 bits per heavy atom. The highest BCUT2D eigenvalue weighted by Crippen LogP contribution is 2.43. The number of phenols is 1. The summed E-state index contributed by atoms with van der Waals surface area (Å²) < 4.78 is 6.31. The molecule has 13 heteroatoms. The minimum atomic E-state index is -1.65. The van der Waals surface area contributed by atoms with Crippen molar-refractivity contribution in [3.05, 3.63) is 138 Å². The maximum absolute atomic E-state index is 10.5. The van der Waals surface area contributed by atoms with Gasteiger partial charge in [0.25, 0.3) is 0 Å². The Hall–Kier alpha value is -4.47.